The van der Waals surface area contributed by atoms with Gasteiger partial charge in [0.1, 0.15) is 5.75 Å². The third kappa shape index (κ3) is 5.88. The topological polar surface area (TPSA) is 46.9 Å². The molecular weight excluding hydrogens is 498 g/mol. The lowest BCUT2D eigenvalue weighted by Gasteiger charge is -2.43. The van der Waals surface area contributed by atoms with Crippen LogP contribution in [0.2, 0.25) is 5.02 Å². The van der Waals surface area contributed by atoms with E-state index < -0.39 is 0 Å². The number of morpholine rings is 1. The first kappa shape index (κ1) is 27.0. The molecule has 3 aromatic rings. The molecule has 5 rings (SSSR count). The fourth-order valence-electron chi connectivity index (χ4n) is 6.23. The number of hydrogen-bond donors (Lipinski definition) is 0. The van der Waals surface area contributed by atoms with Gasteiger partial charge in [-0.05, 0) is 67.6 Å². The number of fused-ring (bicyclic) bond motifs is 1. The molecule has 7 heteroatoms. The minimum absolute atomic E-state index is 0.212. The van der Waals surface area contributed by atoms with Gasteiger partial charge in [0.25, 0.3) is 0 Å². The van der Waals surface area contributed by atoms with E-state index in [4.69, 9.17) is 21.1 Å². The Hall–Kier alpha value is -2.54. The van der Waals surface area contributed by atoms with E-state index in [-0.39, 0.29) is 11.3 Å². The van der Waals surface area contributed by atoms with Gasteiger partial charge in [-0.1, -0.05) is 36.7 Å². The van der Waals surface area contributed by atoms with Crippen molar-refractivity contribution in [2.24, 2.45) is 12.5 Å². The smallest absolute Gasteiger partial charge is 0.223 e. The maximum Gasteiger partial charge on any atom is 0.223 e. The first-order valence-corrected chi connectivity index (χ1v) is 14.3. The Bertz CT molecular complexity index is 1280. The predicted octanol–water partition coefficient (Wildman–Crippen LogP) is 5.61. The number of ether oxygens (including phenoxy) is 2. The van der Waals surface area contributed by atoms with Crippen LogP contribution in [-0.2, 0) is 29.5 Å². The summed E-state index contributed by atoms with van der Waals surface area (Å²) in [6, 6.07) is 12.4. The van der Waals surface area contributed by atoms with Crippen molar-refractivity contribution in [1.29, 1.82) is 0 Å². The summed E-state index contributed by atoms with van der Waals surface area (Å²) in [5.41, 5.74) is 4.81. The van der Waals surface area contributed by atoms with Crippen LogP contribution in [0.1, 0.15) is 42.9 Å². The summed E-state index contributed by atoms with van der Waals surface area (Å²) < 4.78 is 14.2. The number of nitrogens with zero attached hydrogens (tertiary/aromatic N) is 3. The second-order valence-corrected chi connectivity index (χ2v) is 11.5. The lowest BCUT2D eigenvalue weighted by atomic mass is 9.77. The standard InChI is InChI=1S/C31H40ClN3O3/c1-4-24-7-5-8-27-25(19-33(3)30(24)27)20-34-12-6-11-31(21-34,18-29(36)35-13-15-37-16-14-35)22-38-26-9-10-28(32)23(2)17-26/h5,7-10,17,19H,4,6,11-16,18,20-22H2,1-3H3. The summed E-state index contributed by atoms with van der Waals surface area (Å²) in [5.74, 6) is 1.02. The van der Waals surface area contributed by atoms with E-state index in [2.05, 4.69) is 47.8 Å². The zero-order chi connectivity index (χ0) is 26.7. The van der Waals surface area contributed by atoms with Crippen molar-refractivity contribution in [3.63, 3.8) is 0 Å². The molecule has 0 bridgehead atoms. The molecule has 0 spiro atoms. The molecule has 3 heterocycles. The minimum Gasteiger partial charge on any atom is -0.493 e. The number of benzene rings is 2. The molecule has 2 aliphatic rings. The molecule has 6 nitrogen and oxygen atoms in total. The summed E-state index contributed by atoms with van der Waals surface area (Å²) >= 11 is 6.25. The molecule has 1 aromatic heterocycles. The number of piperidine rings is 1. The SMILES string of the molecule is CCc1cccc2c(CN3CCCC(COc4ccc(Cl)c(C)c4)(CC(=O)N4CCOCC4)C3)cn(C)c12. The number of hydrogen-bond acceptors (Lipinski definition) is 4. The van der Waals surface area contributed by atoms with Crippen LogP contribution < -0.4 is 4.74 Å². The van der Waals surface area contributed by atoms with Gasteiger partial charge < -0.3 is 18.9 Å². The number of rotatable bonds is 8. The number of amides is 1. The van der Waals surface area contributed by atoms with Crippen molar-refractivity contribution in [3.05, 3.63) is 64.3 Å². The molecule has 0 N–H and O–H groups in total. The van der Waals surface area contributed by atoms with Crippen LogP contribution in [0.15, 0.2) is 42.6 Å². The predicted molar refractivity (Wildman–Crippen MR) is 153 cm³/mol. The average Bonchev–Trinajstić information content (AvgIpc) is 3.25. The van der Waals surface area contributed by atoms with Gasteiger partial charge in [0, 0.05) is 61.7 Å². The molecule has 2 aliphatic heterocycles. The summed E-state index contributed by atoms with van der Waals surface area (Å²) in [5, 5.41) is 2.07. The van der Waals surface area contributed by atoms with Crippen molar-refractivity contribution in [2.75, 3.05) is 46.0 Å². The van der Waals surface area contributed by atoms with Crippen molar-refractivity contribution < 1.29 is 14.3 Å². The fourth-order valence-corrected chi connectivity index (χ4v) is 6.35. The lowest BCUT2D eigenvalue weighted by Crippen LogP contribution is -2.50. The van der Waals surface area contributed by atoms with Gasteiger partial charge in [0.05, 0.1) is 25.3 Å². The van der Waals surface area contributed by atoms with E-state index in [9.17, 15) is 4.79 Å². The largest absolute Gasteiger partial charge is 0.493 e. The number of carbonyl (C=O) groups excluding carboxylic acids is 1. The van der Waals surface area contributed by atoms with Crippen molar-refractivity contribution >= 4 is 28.4 Å². The highest BCUT2D eigenvalue weighted by molar-refractivity contribution is 6.31. The minimum atomic E-state index is -0.250. The second-order valence-electron chi connectivity index (χ2n) is 11.1. The number of halogens is 1. The fraction of sp³-hybridized carbons (Fsp3) is 0.516. The van der Waals surface area contributed by atoms with Crippen LogP contribution in [0, 0.1) is 12.3 Å². The van der Waals surface area contributed by atoms with Crippen molar-refractivity contribution in [1.82, 2.24) is 14.4 Å². The lowest BCUT2D eigenvalue weighted by molar-refractivity contribution is -0.139. The molecule has 2 aromatic carbocycles. The summed E-state index contributed by atoms with van der Waals surface area (Å²) in [7, 11) is 2.15. The van der Waals surface area contributed by atoms with Crippen LogP contribution >= 0.6 is 11.6 Å². The molecule has 38 heavy (non-hydrogen) atoms. The Morgan fingerprint density at radius 2 is 1.95 bits per heavy atom. The van der Waals surface area contributed by atoms with Crippen LogP contribution in [0.4, 0.5) is 0 Å². The third-order valence-electron chi connectivity index (χ3n) is 8.25. The number of likely N-dealkylation sites (tertiary alicyclic amines) is 1. The Labute approximate surface area is 231 Å². The van der Waals surface area contributed by atoms with Gasteiger partial charge in [0.2, 0.25) is 5.91 Å². The Morgan fingerprint density at radius 1 is 1.13 bits per heavy atom. The molecule has 0 radical (unpaired) electrons. The Balaban J connectivity index is 1.37. The second kappa shape index (κ2) is 11.7. The molecule has 2 fully saturated rings. The van der Waals surface area contributed by atoms with Gasteiger partial charge in [-0.2, -0.15) is 0 Å². The van der Waals surface area contributed by atoms with Gasteiger partial charge in [-0.15, -0.1) is 0 Å². The molecule has 1 atom stereocenters. The molecular formula is C31H40ClN3O3. The molecule has 0 aliphatic carbocycles. The van der Waals surface area contributed by atoms with Crippen LogP contribution in [-0.4, -0.2) is 66.3 Å². The molecule has 2 saturated heterocycles. The van der Waals surface area contributed by atoms with Gasteiger partial charge in [-0.3, -0.25) is 9.69 Å². The van der Waals surface area contributed by atoms with E-state index in [1.54, 1.807) is 0 Å². The maximum atomic E-state index is 13.5. The Kier molecular flexibility index (Phi) is 8.32. The highest BCUT2D eigenvalue weighted by atomic mass is 35.5. The zero-order valence-electron chi connectivity index (χ0n) is 23.0. The van der Waals surface area contributed by atoms with E-state index in [1.807, 2.05) is 30.0 Å². The van der Waals surface area contributed by atoms with E-state index >= 15 is 0 Å². The van der Waals surface area contributed by atoms with Crippen molar-refractivity contribution in [3.8, 4) is 5.75 Å². The van der Waals surface area contributed by atoms with E-state index in [0.29, 0.717) is 39.3 Å². The molecule has 1 unspecified atom stereocenters. The number of aromatic nitrogens is 1. The summed E-state index contributed by atoms with van der Waals surface area (Å²) in [6.45, 7) is 10.0. The molecule has 204 valence electrons. The molecule has 1 amide bonds. The first-order chi connectivity index (χ1) is 18.4. The quantitative estimate of drug-likeness (QED) is 0.374. The number of aryl methyl sites for hydroxylation is 3. The van der Waals surface area contributed by atoms with Crippen molar-refractivity contribution in [2.45, 2.75) is 46.1 Å². The maximum absolute atomic E-state index is 13.5. The van der Waals surface area contributed by atoms with Gasteiger partial charge >= 0.3 is 0 Å². The Morgan fingerprint density at radius 3 is 2.71 bits per heavy atom. The van der Waals surface area contributed by atoms with Crippen LogP contribution in [0.3, 0.4) is 0 Å². The zero-order valence-corrected chi connectivity index (χ0v) is 23.7. The average molecular weight is 538 g/mol. The van der Waals surface area contributed by atoms with Crippen LogP contribution in [0.5, 0.6) is 5.75 Å². The van der Waals surface area contributed by atoms with Crippen LogP contribution in [0.25, 0.3) is 10.9 Å². The highest BCUT2D eigenvalue weighted by Crippen LogP contribution is 2.37. The van der Waals surface area contributed by atoms with Gasteiger partial charge in [0.15, 0.2) is 0 Å². The number of para-hydroxylation sites is 1. The highest BCUT2D eigenvalue weighted by Gasteiger charge is 2.40. The van der Waals surface area contributed by atoms with E-state index in [0.717, 1.165) is 55.2 Å². The molecule has 0 saturated carbocycles. The number of carbonyl (C=O) groups is 1. The van der Waals surface area contributed by atoms with E-state index in [1.165, 1.54) is 22.0 Å². The van der Waals surface area contributed by atoms with Gasteiger partial charge in [-0.25, -0.2) is 0 Å². The first-order valence-electron chi connectivity index (χ1n) is 13.9. The monoisotopic (exact) mass is 537 g/mol. The normalized spacial score (nSPS) is 20.7. The third-order valence-corrected chi connectivity index (χ3v) is 8.67. The summed E-state index contributed by atoms with van der Waals surface area (Å²) in [4.78, 5) is 18.0. The summed E-state index contributed by atoms with van der Waals surface area (Å²) in [6.07, 6.45) is 5.82.